The summed E-state index contributed by atoms with van der Waals surface area (Å²) in [7, 11) is 3.17. The molecule has 6 nitrogen and oxygen atoms in total. The number of anilines is 1. The first kappa shape index (κ1) is 27.7. The highest BCUT2D eigenvalue weighted by atomic mass is 32.2. The molecule has 3 aromatic carbocycles. The van der Waals surface area contributed by atoms with Gasteiger partial charge in [0.15, 0.2) is 11.5 Å². The van der Waals surface area contributed by atoms with Gasteiger partial charge in [0.25, 0.3) is 0 Å². The van der Waals surface area contributed by atoms with Crippen LogP contribution in [0.2, 0.25) is 0 Å². The Morgan fingerprint density at radius 2 is 1.77 bits per heavy atom. The summed E-state index contributed by atoms with van der Waals surface area (Å²) in [5.41, 5.74) is 6.54. The van der Waals surface area contributed by atoms with Crippen molar-refractivity contribution < 1.29 is 14.3 Å². The zero-order chi connectivity index (χ0) is 27.8. The summed E-state index contributed by atoms with van der Waals surface area (Å²) in [6, 6.07) is 25.7. The lowest BCUT2D eigenvalue weighted by Crippen LogP contribution is -2.14. The molecule has 0 bridgehead atoms. The summed E-state index contributed by atoms with van der Waals surface area (Å²) in [5, 5.41) is 13.9. The fourth-order valence-corrected chi connectivity index (χ4v) is 5.39. The van der Waals surface area contributed by atoms with E-state index in [1.54, 1.807) is 14.2 Å². The number of nitrogens with one attached hydrogen (secondary N) is 1. The van der Waals surface area contributed by atoms with Crippen molar-refractivity contribution in [2.24, 2.45) is 0 Å². The van der Waals surface area contributed by atoms with Crippen LogP contribution >= 0.6 is 11.8 Å². The largest absolute Gasteiger partial charge is 0.493 e. The molecule has 0 saturated heterocycles. The highest BCUT2D eigenvalue weighted by molar-refractivity contribution is 7.99. The predicted molar refractivity (Wildman–Crippen MR) is 157 cm³/mol. The second-order valence-electron chi connectivity index (χ2n) is 8.86. The smallest absolute Gasteiger partial charge is 0.225 e. The Kier molecular flexibility index (Phi) is 9.24. The Labute approximate surface area is 234 Å². The molecular weight excluding hydrogens is 506 g/mol. The van der Waals surface area contributed by atoms with Gasteiger partial charge in [-0.3, -0.25) is 4.79 Å². The molecule has 0 spiro atoms. The summed E-state index contributed by atoms with van der Waals surface area (Å²) < 4.78 is 11.2. The lowest BCUT2D eigenvalue weighted by atomic mass is 9.98. The van der Waals surface area contributed by atoms with Gasteiger partial charge in [-0.15, -0.1) is 11.8 Å². The second-order valence-corrected chi connectivity index (χ2v) is 9.95. The first-order valence-electron chi connectivity index (χ1n) is 12.7. The fraction of sp³-hybridized carbons (Fsp3) is 0.219. The van der Waals surface area contributed by atoms with E-state index in [-0.39, 0.29) is 12.3 Å². The maximum Gasteiger partial charge on any atom is 0.225 e. The molecule has 1 heterocycles. The van der Waals surface area contributed by atoms with E-state index in [1.807, 2.05) is 79.7 Å². The number of nitriles is 1. The van der Waals surface area contributed by atoms with Gasteiger partial charge in [0, 0.05) is 34.6 Å². The number of pyridine rings is 1. The summed E-state index contributed by atoms with van der Waals surface area (Å²) in [5.74, 6) is 1.51. The van der Waals surface area contributed by atoms with Crippen LogP contribution < -0.4 is 14.8 Å². The number of carbonyl (C=O) groups is 1. The SMILES string of the molecule is CCc1cccc(C)c1NC(=O)CCSc1nc(-c2ccccc2)cc(-c2cccc(OC)c2OC)c1C#N. The third-order valence-electron chi connectivity index (χ3n) is 6.43. The van der Waals surface area contributed by atoms with Crippen LogP contribution in [0, 0.1) is 18.3 Å². The van der Waals surface area contributed by atoms with Crippen LogP contribution in [0.15, 0.2) is 77.8 Å². The number of rotatable bonds is 10. The predicted octanol–water partition coefficient (Wildman–Crippen LogP) is 7.30. The van der Waals surface area contributed by atoms with E-state index >= 15 is 0 Å². The molecule has 0 fully saturated rings. The average molecular weight is 538 g/mol. The molecule has 7 heteroatoms. The number of carbonyl (C=O) groups excluding carboxylic acids is 1. The van der Waals surface area contributed by atoms with Gasteiger partial charge in [-0.2, -0.15) is 5.26 Å². The molecule has 1 aromatic heterocycles. The molecule has 1 N–H and O–H groups in total. The molecule has 1 amide bonds. The van der Waals surface area contributed by atoms with E-state index in [4.69, 9.17) is 14.5 Å². The Morgan fingerprint density at radius 3 is 2.46 bits per heavy atom. The van der Waals surface area contributed by atoms with Gasteiger partial charge >= 0.3 is 0 Å². The molecule has 0 saturated carbocycles. The van der Waals surface area contributed by atoms with Gasteiger partial charge in [-0.1, -0.05) is 67.6 Å². The molecule has 0 aliphatic rings. The van der Waals surface area contributed by atoms with E-state index in [9.17, 15) is 10.1 Å². The first-order valence-corrected chi connectivity index (χ1v) is 13.7. The number of benzene rings is 3. The monoisotopic (exact) mass is 537 g/mol. The van der Waals surface area contributed by atoms with E-state index in [2.05, 4.69) is 18.3 Å². The number of aryl methyl sites for hydroxylation is 2. The topological polar surface area (TPSA) is 84.2 Å². The zero-order valence-corrected chi connectivity index (χ0v) is 23.4. The van der Waals surface area contributed by atoms with Gasteiger partial charge in [0.05, 0.1) is 25.5 Å². The summed E-state index contributed by atoms with van der Waals surface area (Å²) in [4.78, 5) is 17.7. The number of para-hydroxylation sites is 2. The van der Waals surface area contributed by atoms with Crippen LogP contribution in [0.4, 0.5) is 5.69 Å². The van der Waals surface area contributed by atoms with Crippen molar-refractivity contribution in [3.05, 3.63) is 89.5 Å². The van der Waals surface area contributed by atoms with E-state index in [1.165, 1.54) is 11.8 Å². The van der Waals surface area contributed by atoms with Crippen LogP contribution in [0.3, 0.4) is 0 Å². The minimum atomic E-state index is -0.0705. The lowest BCUT2D eigenvalue weighted by Gasteiger charge is -2.16. The number of amides is 1. The molecule has 0 aliphatic heterocycles. The van der Waals surface area contributed by atoms with Crippen molar-refractivity contribution in [1.29, 1.82) is 5.26 Å². The van der Waals surface area contributed by atoms with Gasteiger partial charge in [0.1, 0.15) is 11.1 Å². The van der Waals surface area contributed by atoms with Crippen molar-refractivity contribution in [3.63, 3.8) is 0 Å². The highest BCUT2D eigenvalue weighted by Crippen LogP contribution is 2.42. The Morgan fingerprint density at radius 1 is 1.00 bits per heavy atom. The van der Waals surface area contributed by atoms with Gasteiger partial charge in [-0.05, 0) is 36.6 Å². The third kappa shape index (κ3) is 6.24. The normalized spacial score (nSPS) is 10.5. The van der Waals surface area contributed by atoms with E-state index in [0.717, 1.165) is 40.1 Å². The third-order valence-corrected chi connectivity index (χ3v) is 7.41. The molecule has 0 unspecified atom stereocenters. The number of ether oxygens (including phenoxy) is 2. The number of hydrogen-bond acceptors (Lipinski definition) is 6. The van der Waals surface area contributed by atoms with E-state index < -0.39 is 0 Å². The van der Waals surface area contributed by atoms with Crippen molar-refractivity contribution >= 4 is 23.4 Å². The number of hydrogen-bond donors (Lipinski definition) is 1. The number of methoxy groups -OCH3 is 2. The fourth-order valence-electron chi connectivity index (χ4n) is 4.45. The van der Waals surface area contributed by atoms with Crippen LogP contribution in [0.25, 0.3) is 22.4 Å². The summed E-state index contributed by atoms with van der Waals surface area (Å²) in [6.07, 6.45) is 1.12. The molecule has 198 valence electrons. The van der Waals surface area contributed by atoms with Gasteiger partial charge in [0.2, 0.25) is 5.91 Å². The van der Waals surface area contributed by atoms with E-state index in [0.29, 0.717) is 33.4 Å². The van der Waals surface area contributed by atoms with Crippen molar-refractivity contribution in [1.82, 2.24) is 4.98 Å². The molecular formula is C32H31N3O3S. The standard InChI is InChI=1S/C32H31N3O3S/c1-5-22-14-9-11-21(2)30(22)35-29(36)17-18-39-32-26(20-33)25(19-27(34-32)23-12-7-6-8-13-23)24-15-10-16-28(37-3)31(24)38-4/h6-16,19H,5,17-18H2,1-4H3,(H,35,36). The molecule has 39 heavy (non-hydrogen) atoms. The number of aromatic nitrogens is 1. The second kappa shape index (κ2) is 13.0. The minimum Gasteiger partial charge on any atom is -0.493 e. The number of thioether (sulfide) groups is 1. The van der Waals surface area contributed by atoms with Gasteiger partial charge in [-0.25, -0.2) is 4.98 Å². The lowest BCUT2D eigenvalue weighted by molar-refractivity contribution is -0.115. The average Bonchev–Trinajstić information content (AvgIpc) is 2.97. The minimum absolute atomic E-state index is 0.0705. The Balaban J connectivity index is 1.67. The van der Waals surface area contributed by atoms with Crippen molar-refractivity contribution in [2.45, 2.75) is 31.7 Å². The molecule has 4 aromatic rings. The molecule has 4 rings (SSSR count). The summed E-state index contributed by atoms with van der Waals surface area (Å²) in [6.45, 7) is 4.07. The van der Waals surface area contributed by atoms with Crippen LogP contribution in [0.5, 0.6) is 11.5 Å². The van der Waals surface area contributed by atoms with Crippen LogP contribution in [0.1, 0.15) is 30.0 Å². The maximum absolute atomic E-state index is 12.9. The molecule has 0 atom stereocenters. The van der Waals surface area contributed by atoms with Crippen LogP contribution in [-0.4, -0.2) is 30.9 Å². The molecule has 0 aliphatic carbocycles. The molecule has 0 radical (unpaired) electrons. The zero-order valence-electron chi connectivity index (χ0n) is 22.6. The maximum atomic E-state index is 12.9. The highest BCUT2D eigenvalue weighted by Gasteiger charge is 2.20. The van der Waals surface area contributed by atoms with Crippen molar-refractivity contribution in [2.75, 3.05) is 25.3 Å². The Bertz CT molecular complexity index is 1510. The van der Waals surface area contributed by atoms with Crippen molar-refractivity contribution in [3.8, 4) is 40.0 Å². The Hall–Kier alpha value is -4.28. The number of nitrogens with zero attached hydrogens (tertiary/aromatic N) is 2. The quantitative estimate of drug-likeness (QED) is 0.214. The summed E-state index contributed by atoms with van der Waals surface area (Å²) >= 11 is 1.40. The first-order chi connectivity index (χ1) is 19.0. The van der Waals surface area contributed by atoms with Gasteiger partial charge < -0.3 is 14.8 Å². The van der Waals surface area contributed by atoms with Crippen LogP contribution in [-0.2, 0) is 11.2 Å².